The molecular weight excluding hydrogens is 344 g/mol. The Hall–Kier alpha value is -3.35. The van der Waals surface area contributed by atoms with Crippen molar-refractivity contribution in [1.29, 1.82) is 0 Å². The molecule has 1 aromatic carbocycles. The molecule has 0 aliphatic carbocycles. The molecule has 3 heterocycles. The lowest BCUT2D eigenvalue weighted by Crippen LogP contribution is -2.50. The Morgan fingerprint density at radius 2 is 2.04 bits per heavy atom. The maximum atomic E-state index is 12.5. The number of amides is 2. The minimum atomic E-state index is -0.732. The molecule has 0 spiro atoms. The quantitative estimate of drug-likeness (QED) is 0.766. The molecule has 27 heavy (non-hydrogen) atoms. The van der Waals surface area contributed by atoms with E-state index in [1.807, 2.05) is 53.2 Å². The molecule has 1 aliphatic rings. The van der Waals surface area contributed by atoms with E-state index in [1.54, 1.807) is 11.0 Å². The zero-order chi connectivity index (χ0) is 18.8. The summed E-state index contributed by atoms with van der Waals surface area (Å²) in [5.41, 5.74) is 2.48. The zero-order valence-corrected chi connectivity index (χ0v) is 15.0. The molecule has 7 heteroatoms. The van der Waals surface area contributed by atoms with Crippen LogP contribution in [0.2, 0.25) is 0 Å². The fraction of sp³-hybridized carbons (Fsp3) is 0.250. The van der Waals surface area contributed by atoms with E-state index in [1.165, 1.54) is 6.92 Å². The highest BCUT2D eigenvalue weighted by atomic mass is 16.5. The van der Waals surface area contributed by atoms with Gasteiger partial charge in [0.2, 0.25) is 5.91 Å². The number of pyridine rings is 1. The van der Waals surface area contributed by atoms with Gasteiger partial charge < -0.3 is 19.4 Å². The smallest absolute Gasteiger partial charge is 0.262 e. The molecule has 2 amide bonds. The Bertz CT molecular complexity index is 965. The Morgan fingerprint density at radius 1 is 1.22 bits per heavy atom. The van der Waals surface area contributed by atoms with E-state index in [0.717, 1.165) is 11.3 Å². The van der Waals surface area contributed by atoms with E-state index in [-0.39, 0.29) is 18.4 Å². The standard InChI is InChI=1S/C20H20N4O3/c1-14(25)24-13-18(27-17-7-3-2-6-16(17)24)20(26)21-10-9-15-12-23-11-5-4-8-19(23)22-15/h2-8,11-12,18H,9-10,13H2,1H3,(H,21,26). The fourth-order valence-electron chi connectivity index (χ4n) is 3.20. The van der Waals surface area contributed by atoms with Crippen LogP contribution in [0, 0.1) is 0 Å². The number of benzene rings is 1. The van der Waals surface area contributed by atoms with Gasteiger partial charge in [0.1, 0.15) is 11.4 Å². The average molecular weight is 364 g/mol. The van der Waals surface area contributed by atoms with E-state index >= 15 is 0 Å². The first-order valence-electron chi connectivity index (χ1n) is 8.86. The Balaban J connectivity index is 1.39. The molecule has 2 aromatic heterocycles. The highest BCUT2D eigenvalue weighted by molar-refractivity contribution is 5.95. The fourth-order valence-corrected chi connectivity index (χ4v) is 3.20. The van der Waals surface area contributed by atoms with Crippen LogP contribution in [-0.2, 0) is 16.0 Å². The predicted molar refractivity (Wildman–Crippen MR) is 101 cm³/mol. The first-order chi connectivity index (χ1) is 13.1. The van der Waals surface area contributed by atoms with Gasteiger partial charge in [0.25, 0.3) is 5.91 Å². The van der Waals surface area contributed by atoms with Crippen LogP contribution in [0.25, 0.3) is 5.65 Å². The summed E-state index contributed by atoms with van der Waals surface area (Å²) in [5, 5.41) is 2.88. The number of aromatic nitrogens is 2. The first kappa shape index (κ1) is 17.1. The summed E-state index contributed by atoms with van der Waals surface area (Å²) in [7, 11) is 0. The van der Waals surface area contributed by atoms with Crippen molar-refractivity contribution in [1.82, 2.24) is 14.7 Å². The van der Waals surface area contributed by atoms with Crippen LogP contribution in [0.15, 0.2) is 54.9 Å². The summed E-state index contributed by atoms with van der Waals surface area (Å²) in [6, 6.07) is 13.1. The van der Waals surface area contributed by atoms with Gasteiger partial charge in [0, 0.05) is 32.3 Å². The van der Waals surface area contributed by atoms with Crippen LogP contribution in [0.5, 0.6) is 5.75 Å². The number of nitrogens with zero attached hydrogens (tertiary/aromatic N) is 3. The number of ether oxygens (including phenoxy) is 1. The Kier molecular flexibility index (Phi) is 4.50. The minimum absolute atomic E-state index is 0.117. The second-order valence-electron chi connectivity index (χ2n) is 6.44. The molecule has 7 nitrogen and oxygen atoms in total. The van der Waals surface area contributed by atoms with Crippen molar-refractivity contribution in [2.24, 2.45) is 0 Å². The molecule has 0 fully saturated rings. The van der Waals surface area contributed by atoms with Gasteiger partial charge in [-0.1, -0.05) is 18.2 Å². The van der Waals surface area contributed by atoms with Gasteiger partial charge in [-0.15, -0.1) is 0 Å². The molecule has 0 saturated heterocycles. The van der Waals surface area contributed by atoms with Crippen molar-refractivity contribution < 1.29 is 14.3 Å². The Labute approximate surface area is 156 Å². The summed E-state index contributed by atoms with van der Waals surface area (Å²) in [5.74, 6) is 0.187. The highest BCUT2D eigenvalue weighted by Gasteiger charge is 2.32. The third-order valence-electron chi connectivity index (χ3n) is 4.54. The van der Waals surface area contributed by atoms with Crippen molar-refractivity contribution in [2.75, 3.05) is 18.0 Å². The average Bonchev–Trinajstić information content (AvgIpc) is 3.09. The molecule has 0 radical (unpaired) electrons. The summed E-state index contributed by atoms with van der Waals surface area (Å²) in [6.07, 6.45) is 3.78. The predicted octanol–water partition coefficient (Wildman–Crippen LogP) is 1.81. The maximum Gasteiger partial charge on any atom is 0.262 e. The van der Waals surface area contributed by atoms with E-state index < -0.39 is 6.10 Å². The molecule has 1 aliphatic heterocycles. The van der Waals surface area contributed by atoms with Gasteiger partial charge in [-0.3, -0.25) is 9.59 Å². The summed E-state index contributed by atoms with van der Waals surface area (Å²) in [4.78, 5) is 30.6. The SMILES string of the molecule is CC(=O)N1CC(C(=O)NCCc2cn3ccccc3n2)Oc2ccccc21. The minimum Gasteiger partial charge on any atom is -0.477 e. The van der Waals surface area contributed by atoms with Crippen LogP contribution in [0.4, 0.5) is 5.69 Å². The third kappa shape index (κ3) is 3.48. The van der Waals surface area contributed by atoms with Crippen LogP contribution in [0.1, 0.15) is 12.6 Å². The first-order valence-corrected chi connectivity index (χ1v) is 8.86. The van der Waals surface area contributed by atoms with E-state index in [2.05, 4.69) is 10.3 Å². The van der Waals surface area contributed by atoms with Crippen LogP contribution in [-0.4, -0.2) is 40.4 Å². The summed E-state index contributed by atoms with van der Waals surface area (Å²) in [6.45, 7) is 2.14. The van der Waals surface area contributed by atoms with Gasteiger partial charge in [-0.25, -0.2) is 4.98 Å². The van der Waals surface area contributed by atoms with E-state index in [0.29, 0.717) is 24.4 Å². The van der Waals surface area contributed by atoms with Crippen LogP contribution in [0.3, 0.4) is 0 Å². The van der Waals surface area contributed by atoms with Gasteiger partial charge >= 0.3 is 0 Å². The van der Waals surface area contributed by atoms with E-state index in [4.69, 9.17) is 4.74 Å². The molecule has 0 saturated carbocycles. The second-order valence-corrected chi connectivity index (χ2v) is 6.44. The van der Waals surface area contributed by atoms with Crippen LogP contribution < -0.4 is 15.0 Å². The number of para-hydroxylation sites is 2. The number of nitrogens with one attached hydrogen (secondary N) is 1. The van der Waals surface area contributed by atoms with Crippen molar-refractivity contribution in [2.45, 2.75) is 19.4 Å². The number of hydrogen-bond donors (Lipinski definition) is 1. The number of fused-ring (bicyclic) bond motifs is 2. The van der Waals surface area contributed by atoms with Gasteiger partial charge in [0.05, 0.1) is 17.9 Å². The molecule has 138 valence electrons. The molecule has 4 rings (SSSR count). The van der Waals surface area contributed by atoms with Gasteiger partial charge in [-0.05, 0) is 24.3 Å². The monoisotopic (exact) mass is 364 g/mol. The van der Waals surface area contributed by atoms with Crippen molar-refractivity contribution in [3.63, 3.8) is 0 Å². The van der Waals surface area contributed by atoms with E-state index in [9.17, 15) is 9.59 Å². The maximum absolute atomic E-state index is 12.5. The number of rotatable bonds is 4. The number of carbonyl (C=O) groups is 2. The van der Waals surface area contributed by atoms with Crippen molar-refractivity contribution >= 4 is 23.1 Å². The third-order valence-corrected chi connectivity index (χ3v) is 4.54. The molecule has 3 aromatic rings. The second kappa shape index (κ2) is 7.11. The molecule has 0 bridgehead atoms. The zero-order valence-electron chi connectivity index (χ0n) is 15.0. The normalized spacial score (nSPS) is 15.9. The molecular formula is C20H20N4O3. The highest BCUT2D eigenvalue weighted by Crippen LogP contribution is 2.33. The largest absolute Gasteiger partial charge is 0.477 e. The number of imidazole rings is 1. The molecule has 1 N–H and O–H groups in total. The number of hydrogen-bond acceptors (Lipinski definition) is 4. The lowest BCUT2D eigenvalue weighted by molar-refractivity contribution is -0.128. The van der Waals surface area contributed by atoms with Gasteiger partial charge in [-0.2, -0.15) is 0 Å². The molecule has 1 atom stereocenters. The number of carbonyl (C=O) groups excluding carboxylic acids is 2. The topological polar surface area (TPSA) is 75.9 Å². The van der Waals surface area contributed by atoms with Gasteiger partial charge in [0.15, 0.2) is 6.10 Å². The van der Waals surface area contributed by atoms with Crippen molar-refractivity contribution in [3.05, 3.63) is 60.6 Å². The van der Waals surface area contributed by atoms with Crippen molar-refractivity contribution in [3.8, 4) is 5.75 Å². The van der Waals surface area contributed by atoms with Crippen LogP contribution >= 0.6 is 0 Å². The number of anilines is 1. The summed E-state index contributed by atoms with van der Waals surface area (Å²) >= 11 is 0. The lowest BCUT2D eigenvalue weighted by atomic mass is 10.1. The molecule has 1 unspecified atom stereocenters. The summed E-state index contributed by atoms with van der Waals surface area (Å²) < 4.78 is 7.75. The lowest BCUT2D eigenvalue weighted by Gasteiger charge is -2.33. The Morgan fingerprint density at radius 3 is 2.85 bits per heavy atom.